The molecule has 10 rings (SSSR count). The van der Waals surface area contributed by atoms with E-state index in [9.17, 15) is 40.2 Å². The molecule has 6 fully saturated rings. The highest BCUT2D eigenvalue weighted by molar-refractivity contribution is 6.08. The first-order chi connectivity index (χ1) is 28.8. The van der Waals surface area contributed by atoms with Crippen molar-refractivity contribution in [3.63, 3.8) is 0 Å². The maximum atomic E-state index is 12.6. The summed E-state index contributed by atoms with van der Waals surface area (Å²) in [5.74, 6) is -1.37. The summed E-state index contributed by atoms with van der Waals surface area (Å²) in [6.07, 6.45) is 10.0. The highest BCUT2D eigenvalue weighted by Crippen LogP contribution is 2.72. The summed E-state index contributed by atoms with van der Waals surface area (Å²) in [6.45, 7) is 4.03. The Bertz CT molecular complexity index is 2170. The predicted octanol–water partition coefficient (Wildman–Crippen LogP) is 6.15. The third kappa shape index (κ3) is 5.94. The highest BCUT2D eigenvalue weighted by Gasteiger charge is 2.68. The minimum absolute atomic E-state index is 0.0419. The van der Waals surface area contributed by atoms with E-state index in [1.165, 1.54) is 75.1 Å². The van der Waals surface area contributed by atoms with Crippen LogP contribution in [0.2, 0.25) is 0 Å². The normalized spacial score (nSPS) is 38.9. The minimum atomic E-state index is -1.71. The summed E-state index contributed by atoms with van der Waals surface area (Å²) >= 11 is 0. The molecule has 12 nitrogen and oxygen atoms in total. The summed E-state index contributed by atoms with van der Waals surface area (Å²) in [4.78, 5) is 24.9. The monoisotopic (exact) mass is 828 g/mol. The molecule has 11 atom stereocenters. The molecule has 6 N–H and O–H groups in total. The lowest BCUT2D eigenvalue weighted by Gasteiger charge is -2.64. The first kappa shape index (κ1) is 40.7. The maximum absolute atomic E-state index is 12.6. The van der Waals surface area contributed by atoms with E-state index in [0.717, 1.165) is 24.8 Å². The zero-order valence-electron chi connectivity index (χ0n) is 34.8. The second-order valence-electron chi connectivity index (χ2n) is 20.2. The number of rotatable bonds is 8. The molecule has 3 heterocycles. The van der Waals surface area contributed by atoms with Crippen molar-refractivity contribution < 1.29 is 59.2 Å². The van der Waals surface area contributed by atoms with Gasteiger partial charge in [0.1, 0.15) is 35.4 Å². The molecule has 0 amide bonds. The van der Waals surface area contributed by atoms with Gasteiger partial charge in [-0.05, 0) is 159 Å². The molecule has 5 aliphatic carbocycles. The number of aromatic carboxylic acids is 1. The van der Waals surface area contributed by atoms with Gasteiger partial charge in [-0.3, -0.25) is 4.79 Å². The molecule has 0 aromatic heterocycles. The number of ketones is 1. The summed E-state index contributed by atoms with van der Waals surface area (Å²) < 4.78 is 26.2. The Balaban J connectivity index is 1.03. The standard InChI is InChI=1S/C48H60O12/c1-25-14-28-15-29(43(55)56)16-34(38(28)40(52)36(25)26(2)51)59-44-41(53)42(54)48(35(20-50)60-44)19-31-32-18-46(12-11-45(23-46)8-3-4-9-45)17-30-21-57-24-47(39(30)32,10-5-13-49)33-7-6-27(22-58-48)37(31)33/h7,14-16,30-32,35,39,41-42,44,49-50,52-54H,3-6,8-13,17-24H2,1-2H3,(H,55,56)/t30-,31+,32-,35+,39+,41+,42+,44+,46-,47-,48+/m0/s1. The van der Waals surface area contributed by atoms with Crippen LogP contribution in [0.1, 0.15) is 117 Å². The Morgan fingerprint density at radius 2 is 1.78 bits per heavy atom. The molecule has 0 unspecified atom stereocenters. The number of hydrogen-bond acceptors (Lipinski definition) is 11. The van der Waals surface area contributed by atoms with E-state index >= 15 is 0 Å². The van der Waals surface area contributed by atoms with E-state index in [0.29, 0.717) is 60.7 Å². The van der Waals surface area contributed by atoms with Crippen molar-refractivity contribution in [3.8, 4) is 11.5 Å². The van der Waals surface area contributed by atoms with Crippen LogP contribution in [0, 0.1) is 46.8 Å². The van der Waals surface area contributed by atoms with Gasteiger partial charge in [-0.2, -0.15) is 0 Å². The number of carboxylic acid groups (broad SMARTS) is 1. The fourth-order valence-corrected chi connectivity index (χ4v) is 15.0. The van der Waals surface area contributed by atoms with Crippen LogP contribution < -0.4 is 4.74 Å². The molecule has 8 aliphatic rings. The average Bonchev–Trinajstić information content (AvgIpc) is 3.93. The summed E-state index contributed by atoms with van der Waals surface area (Å²) in [5.41, 5.74) is 2.93. The number of carboxylic acids is 1. The number of aryl methyl sites for hydroxylation is 1. The summed E-state index contributed by atoms with van der Waals surface area (Å²) in [5, 5.41) is 67.8. The number of Topliss-reactive ketones (excluding diaryl/α,β-unsaturated/α-hetero) is 1. The van der Waals surface area contributed by atoms with Crippen molar-refractivity contribution in [2.45, 2.75) is 128 Å². The lowest BCUT2D eigenvalue weighted by atomic mass is 9.42. The fourth-order valence-electron chi connectivity index (χ4n) is 15.0. The van der Waals surface area contributed by atoms with E-state index in [-0.39, 0.29) is 58.1 Å². The van der Waals surface area contributed by atoms with Gasteiger partial charge in [0.2, 0.25) is 6.29 Å². The zero-order valence-corrected chi connectivity index (χ0v) is 34.8. The Labute approximate surface area is 350 Å². The smallest absolute Gasteiger partial charge is 0.335 e. The van der Waals surface area contributed by atoms with Crippen molar-refractivity contribution in [2.75, 3.05) is 33.0 Å². The molecule has 3 spiro atoms. The highest BCUT2D eigenvalue weighted by atomic mass is 16.7. The molecule has 12 heteroatoms. The van der Waals surface area contributed by atoms with Gasteiger partial charge >= 0.3 is 5.97 Å². The minimum Gasteiger partial charge on any atom is -0.506 e. The van der Waals surface area contributed by atoms with E-state index in [1.807, 2.05) is 0 Å². The van der Waals surface area contributed by atoms with Crippen LogP contribution in [-0.2, 0) is 14.2 Å². The summed E-state index contributed by atoms with van der Waals surface area (Å²) in [7, 11) is 0. The molecule has 4 saturated carbocycles. The molecule has 2 aromatic carbocycles. The lowest BCUT2D eigenvalue weighted by molar-refractivity contribution is -0.326. The van der Waals surface area contributed by atoms with Crippen LogP contribution in [0.3, 0.4) is 0 Å². The van der Waals surface area contributed by atoms with Crippen LogP contribution >= 0.6 is 0 Å². The van der Waals surface area contributed by atoms with Crippen molar-refractivity contribution in [1.82, 2.24) is 0 Å². The lowest BCUT2D eigenvalue weighted by Crippen LogP contribution is -2.70. The first-order valence-electron chi connectivity index (χ1n) is 22.4. The molecule has 60 heavy (non-hydrogen) atoms. The Morgan fingerprint density at radius 3 is 2.52 bits per heavy atom. The van der Waals surface area contributed by atoms with Crippen LogP contribution in [0.5, 0.6) is 11.5 Å². The number of allylic oxidation sites excluding steroid dienone is 2. The fraction of sp³-hybridized carbons (Fsp3) is 0.667. The number of aliphatic hydroxyl groups is 4. The zero-order chi connectivity index (χ0) is 41.9. The van der Waals surface area contributed by atoms with Gasteiger partial charge in [-0.1, -0.05) is 25.0 Å². The number of hydrogen-bond donors (Lipinski definition) is 6. The van der Waals surface area contributed by atoms with Gasteiger partial charge < -0.3 is 49.6 Å². The number of carbonyl (C=O) groups excluding carboxylic acids is 1. The summed E-state index contributed by atoms with van der Waals surface area (Å²) in [6, 6.07) is 4.16. The third-order valence-corrected chi connectivity index (χ3v) is 17.1. The van der Waals surface area contributed by atoms with Crippen molar-refractivity contribution in [1.29, 1.82) is 0 Å². The molecular formula is C48H60O12. The molecule has 3 aliphatic heterocycles. The van der Waals surface area contributed by atoms with Crippen LogP contribution in [0.4, 0.5) is 0 Å². The average molecular weight is 829 g/mol. The predicted molar refractivity (Wildman–Crippen MR) is 219 cm³/mol. The molecule has 0 radical (unpaired) electrons. The Kier molecular flexibility index (Phi) is 9.91. The topological polar surface area (TPSA) is 192 Å². The number of phenols is 1. The Morgan fingerprint density at radius 1 is 1.00 bits per heavy atom. The van der Waals surface area contributed by atoms with Gasteiger partial charge in [0.15, 0.2) is 5.78 Å². The number of carbonyl (C=O) groups is 2. The van der Waals surface area contributed by atoms with Gasteiger partial charge in [-0.15, -0.1) is 0 Å². The van der Waals surface area contributed by atoms with E-state index in [2.05, 4.69) is 6.08 Å². The molecule has 324 valence electrons. The molecule has 2 saturated heterocycles. The second kappa shape index (κ2) is 14.6. The largest absolute Gasteiger partial charge is 0.506 e. The van der Waals surface area contributed by atoms with Crippen LogP contribution in [0.15, 0.2) is 41.0 Å². The third-order valence-electron chi connectivity index (χ3n) is 17.1. The molecular weight excluding hydrogens is 769 g/mol. The first-order valence-corrected chi connectivity index (χ1v) is 22.4. The molecule has 2 aromatic rings. The molecule has 0 bridgehead atoms. The van der Waals surface area contributed by atoms with Crippen molar-refractivity contribution in [2.24, 2.45) is 39.9 Å². The number of benzene rings is 2. The van der Waals surface area contributed by atoms with Gasteiger partial charge in [0.25, 0.3) is 0 Å². The van der Waals surface area contributed by atoms with Crippen LogP contribution in [-0.4, -0.2) is 106 Å². The number of aromatic hydroxyl groups is 1. The number of aliphatic hydroxyl groups excluding tert-OH is 4. The van der Waals surface area contributed by atoms with E-state index in [1.54, 1.807) is 13.0 Å². The maximum Gasteiger partial charge on any atom is 0.335 e. The van der Waals surface area contributed by atoms with E-state index in [4.69, 9.17) is 18.9 Å². The van der Waals surface area contributed by atoms with E-state index < -0.39 is 54.3 Å². The SMILES string of the molecule is CC(=O)c1c(C)cc2cc(C(=O)O)cc(O[C@@H]3O[C@H](CO)[C@]4(C[C@H]5C6=C(CC=C6[C@]6(CCCO)COC[C@@H]7C[C@@]8(CCC9(CCCC9)C8)C[C@@H]5[C@@H]76)CO4)[C@H](O)[C@H]3O)c2c1O. The van der Waals surface area contributed by atoms with Crippen molar-refractivity contribution >= 4 is 22.5 Å². The number of phenolic OH excluding ortho intramolecular Hbond substituents is 1. The van der Waals surface area contributed by atoms with Crippen LogP contribution in [0.25, 0.3) is 10.8 Å². The number of fused-ring (bicyclic) bond motifs is 3. The van der Waals surface area contributed by atoms with Gasteiger partial charge in [0, 0.05) is 18.6 Å². The Hall–Kier alpha value is -3.36. The second-order valence-corrected chi connectivity index (χ2v) is 20.2. The number of ether oxygens (including phenoxy) is 4. The van der Waals surface area contributed by atoms with Gasteiger partial charge in [-0.25, -0.2) is 4.79 Å². The van der Waals surface area contributed by atoms with Gasteiger partial charge in [0.05, 0.1) is 36.3 Å². The van der Waals surface area contributed by atoms with Crippen molar-refractivity contribution in [3.05, 3.63) is 57.7 Å². The quantitative estimate of drug-likeness (QED) is 0.167.